The maximum Gasteiger partial charge on any atom is 0.510 e. The van der Waals surface area contributed by atoms with Gasteiger partial charge in [-0.05, 0) is 64.1 Å². The van der Waals surface area contributed by atoms with E-state index in [1.165, 1.54) is 5.56 Å². The molecule has 1 aliphatic carbocycles. The van der Waals surface area contributed by atoms with Crippen LogP contribution in [0.15, 0.2) is 30.0 Å². The van der Waals surface area contributed by atoms with Gasteiger partial charge in [0.1, 0.15) is 5.76 Å². The minimum atomic E-state index is -2.23. The molecule has 2 aliphatic rings. The van der Waals surface area contributed by atoms with Crippen molar-refractivity contribution in [2.45, 2.75) is 50.7 Å². The van der Waals surface area contributed by atoms with Gasteiger partial charge in [-0.15, -0.1) is 0 Å². The van der Waals surface area contributed by atoms with Crippen LogP contribution in [0.25, 0.3) is 0 Å². The van der Waals surface area contributed by atoms with E-state index in [2.05, 4.69) is 24.1 Å². The zero-order valence-electron chi connectivity index (χ0n) is 19.2. The Kier molecular flexibility index (Phi) is 8.22. The maximum absolute atomic E-state index is 11.4. The molecular formula is C22H32NO8P. The van der Waals surface area contributed by atoms with Crippen LogP contribution in [0, 0.1) is 0 Å². The zero-order chi connectivity index (χ0) is 23.3. The fourth-order valence-electron chi connectivity index (χ4n) is 4.43. The van der Waals surface area contributed by atoms with Crippen molar-refractivity contribution in [3.63, 3.8) is 0 Å². The summed E-state index contributed by atoms with van der Waals surface area (Å²) in [6.45, 7) is 3.93. The van der Waals surface area contributed by atoms with Crippen LogP contribution < -0.4 is 9.47 Å². The summed E-state index contributed by atoms with van der Waals surface area (Å²) in [6.07, 6.45) is 3.25. The number of likely N-dealkylation sites (tertiary alicyclic amines) is 1. The van der Waals surface area contributed by atoms with E-state index >= 15 is 0 Å². The molecule has 1 heterocycles. The van der Waals surface area contributed by atoms with E-state index in [4.69, 9.17) is 28.0 Å². The molecule has 1 aliphatic heterocycles. The van der Waals surface area contributed by atoms with E-state index in [1.54, 1.807) is 28.1 Å². The van der Waals surface area contributed by atoms with Gasteiger partial charge in [-0.1, -0.05) is 6.07 Å². The van der Waals surface area contributed by atoms with E-state index in [1.807, 2.05) is 12.1 Å². The largest absolute Gasteiger partial charge is 0.510 e. The van der Waals surface area contributed by atoms with Crippen LogP contribution in [0.2, 0.25) is 0 Å². The molecule has 0 aromatic heterocycles. The summed E-state index contributed by atoms with van der Waals surface area (Å²) in [6, 6.07) is 6.30. The molecule has 3 unspecified atom stereocenters. The summed E-state index contributed by atoms with van der Waals surface area (Å²) in [5.74, 6) is 2.08. The van der Waals surface area contributed by atoms with Crippen LogP contribution in [0.5, 0.6) is 11.5 Å². The van der Waals surface area contributed by atoms with Crippen molar-refractivity contribution in [2.24, 2.45) is 0 Å². The highest BCUT2D eigenvalue weighted by atomic mass is 31.2. The number of hydrogen-bond donors (Lipinski definition) is 1. The van der Waals surface area contributed by atoms with E-state index in [0.717, 1.165) is 19.4 Å². The highest BCUT2D eigenvalue weighted by Gasteiger charge is 2.49. The van der Waals surface area contributed by atoms with Crippen molar-refractivity contribution < 1.29 is 37.7 Å². The van der Waals surface area contributed by atoms with Crippen molar-refractivity contribution in [1.82, 2.24) is 4.90 Å². The molecule has 10 heteroatoms. The van der Waals surface area contributed by atoms with Crippen LogP contribution in [0.3, 0.4) is 0 Å². The van der Waals surface area contributed by atoms with Gasteiger partial charge in [0.25, 0.3) is 0 Å². The van der Waals surface area contributed by atoms with Crippen LogP contribution in [0.4, 0.5) is 4.79 Å². The number of rotatable bonds is 9. The molecule has 0 amide bonds. The number of hydrogen-bond acceptors (Lipinski definition) is 9. The third-order valence-corrected chi connectivity index (χ3v) is 6.71. The monoisotopic (exact) mass is 469 g/mol. The van der Waals surface area contributed by atoms with Crippen LogP contribution in [0.1, 0.15) is 38.7 Å². The minimum absolute atomic E-state index is 0.0794. The first-order valence-corrected chi connectivity index (χ1v) is 11.7. The Balaban J connectivity index is 1.65. The molecule has 9 nitrogen and oxygen atoms in total. The standard InChI is InChI=1S/C22H32NO8P/c1-15(2)30-21(24)28-14-29-32(25)31-17-8-9-22(10-11-23(3)20(22)13-17)16-6-7-18(26-4)19(12-16)27-5/h6-8,12,15,20,25H,9-11,13-14H2,1-5H3. The van der Waals surface area contributed by atoms with Crippen molar-refractivity contribution in [2.75, 3.05) is 34.6 Å². The third kappa shape index (κ3) is 5.46. The lowest BCUT2D eigenvalue weighted by Crippen LogP contribution is -2.43. The van der Waals surface area contributed by atoms with Crippen LogP contribution >= 0.6 is 8.60 Å². The molecule has 0 radical (unpaired) electrons. The van der Waals surface area contributed by atoms with E-state index in [0.29, 0.717) is 23.7 Å². The Hall–Kier alpha value is -2.06. The second-order valence-electron chi connectivity index (χ2n) is 8.19. The average Bonchev–Trinajstić information content (AvgIpc) is 3.10. The van der Waals surface area contributed by atoms with Gasteiger partial charge in [-0.3, -0.25) is 4.52 Å². The van der Waals surface area contributed by atoms with E-state index in [-0.39, 0.29) is 17.6 Å². The minimum Gasteiger partial charge on any atom is -0.493 e. The Bertz CT molecular complexity index is 832. The van der Waals surface area contributed by atoms with Gasteiger partial charge in [0.2, 0.25) is 6.79 Å². The van der Waals surface area contributed by atoms with Gasteiger partial charge in [0, 0.05) is 17.9 Å². The lowest BCUT2D eigenvalue weighted by atomic mass is 9.68. The molecule has 178 valence electrons. The van der Waals surface area contributed by atoms with Gasteiger partial charge in [-0.25, -0.2) is 4.79 Å². The molecule has 1 fully saturated rings. The lowest BCUT2D eigenvalue weighted by molar-refractivity contribution is -0.0122. The molecule has 1 aromatic carbocycles. The number of methoxy groups -OCH3 is 2. The zero-order valence-corrected chi connectivity index (χ0v) is 20.1. The van der Waals surface area contributed by atoms with Crippen molar-refractivity contribution in [1.29, 1.82) is 0 Å². The fourth-order valence-corrected chi connectivity index (χ4v) is 4.97. The second kappa shape index (κ2) is 10.7. The predicted octanol–water partition coefficient (Wildman–Crippen LogP) is 4.09. The Morgan fingerprint density at radius 1 is 1.28 bits per heavy atom. The predicted molar refractivity (Wildman–Crippen MR) is 118 cm³/mol. The summed E-state index contributed by atoms with van der Waals surface area (Å²) in [5.41, 5.74) is 1.11. The lowest BCUT2D eigenvalue weighted by Gasteiger charge is -2.41. The number of carbonyl (C=O) groups excluding carboxylic acids is 1. The van der Waals surface area contributed by atoms with E-state index < -0.39 is 21.6 Å². The number of allylic oxidation sites excluding steroid dienone is 1. The molecule has 3 rings (SSSR count). The van der Waals surface area contributed by atoms with Gasteiger partial charge in [0.05, 0.1) is 20.3 Å². The van der Waals surface area contributed by atoms with Crippen molar-refractivity contribution in [3.05, 3.63) is 35.6 Å². The quantitative estimate of drug-likeness (QED) is 0.326. The SMILES string of the molecule is COc1ccc(C23CC=C(OP(O)OCOC(=O)OC(C)C)CC2N(C)CC3)cc1OC. The Labute approximate surface area is 190 Å². The summed E-state index contributed by atoms with van der Waals surface area (Å²) >= 11 is 0. The molecule has 0 saturated carbocycles. The van der Waals surface area contributed by atoms with E-state index in [9.17, 15) is 9.69 Å². The Morgan fingerprint density at radius 2 is 2.03 bits per heavy atom. The molecule has 1 saturated heterocycles. The molecule has 0 spiro atoms. The Morgan fingerprint density at radius 3 is 2.72 bits per heavy atom. The van der Waals surface area contributed by atoms with Gasteiger partial charge in [0.15, 0.2) is 11.5 Å². The second-order valence-corrected chi connectivity index (χ2v) is 9.10. The summed E-state index contributed by atoms with van der Waals surface area (Å²) < 4.78 is 31.2. The molecule has 1 N–H and O–H groups in total. The topological polar surface area (TPSA) is 95.9 Å². The van der Waals surface area contributed by atoms with Gasteiger partial charge in [-0.2, -0.15) is 0 Å². The number of carbonyl (C=O) groups is 1. The van der Waals surface area contributed by atoms with Gasteiger partial charge >= 0.3 is 14.8 Å². The first-order chi connectivity index (χ1) is 15.3. The first kappa shape index (κ1) is 24.6. The molecule has 3 atom stereocenters. The number of ether oxygens (including phenoxy) is 4. The van der Waals surface area contributed by atoms with Crippen molar-refractivity contribution in [3.8, 4) is 11.5 Å². The number of fused-ring (bicyclic) bond motifs is 1. The normalized spacial score (nSPS) is 23.8. The summed E-state index contributed by atoms with van der Waals surface area (Å²) in [7, 11) is 3.14. The first-order valence-electron chi connectivity index (χ1n) is 10.5. The molecular weight excluding hydrogens is 437 g/mol. The maximum atomic E-state index is 11.4. The highest BCUT2D eigenvalue weighted by molar-refractivity contribution is 7.40. The van der Waals surface area contributed by atoms with Crippen molar-refractivity contribution >= 4 is 14.8 Å². The number of likely N-dealkylation sites (N-methyl/N-ethyl adjacent to an activating group) is 1. The molecule has 1 aromatic rings. The highest BCUT2D eigenvalue weighted by Crippen LogP contribution is 2.51. The van der Waals surface area contributed by atoms with Crippen LogP contribution in [-0.4, -0.2) is 62.7 Å². The summed E-state index contributed by atoms with van der Waals surface area (Å²) in [5, 5.41) is 0. The number of nitrogens with zero attached hydrogens (tertiary/aromatic N) is 1. The molecule has 32 heavy (non-hydrogen) atoms. The smallest absolute Gasteiger partial charge is 0.493 e. The molecule has 0 bridgehead atoms. The fraction of sp³-hybridized carbons (Fsp3) is 0.591. The summed E-state index contributed by atoms with van der Waals surface area (Å²) in [4.78, 5) is 23.8. The van der Waals surface area contributed by atoms with Gasteiger partial charge < -0.3 is 33.3 Å². The third-order valence-electron chi connectivity index (χ3n) is 5.99. The van der Waals surface area contributed by atoms with Crippen LogP contribution in [-0.2, 0) is 23.9 Å². The average molecular weight is 469 g/mol. The number of benzene rings is 1.